The van der Waals surface area contributed by atoms with Crippen molar-refractivity contribution in [3.05, 3.63) is 96.6 Å². The molecule has 5 fully saturated rings. The van der Waals surface area contributed by atoms with Gasteiger partial charge >= 0.3 is 19.2 Å². The van der Waals surface area contributed by atoms with E-state index in [4.69, 9.17) is 14.0 Å². The van der Waals surface area contributed by atoms with E-state index in [0.29, 0.717) is 44.4 Å². The highest BCUT2D eigenvalue weighted by molar-refractivity contribution is 6.48. The average molecular weight is 751 g/mol. The van der Waals surface area contributed by atoms with Gasteiger partial charge in [0.15, 0.2) is 0 Å². The van der Waals surface area contributed by atoms with Gasteiger partial charge < -0.3 is 29.2 Å². The van der Waals surface area contributed by atoms with Crippen LogP contribution in [0.4, 0.5) is 9.59 Å². The number of benzene rings is 2. The van der Waals surface area contributed by atoms with Crippen LogP contribution in [0.1, 0.15) is 95.2 Å². The molecule has 0 aromatic heterocycles. The van der Waals surface area contributed by atoms with Crippen LogP contribution in [0, 0.1) is 17.3 Å². The second-order valence-corrected chi connectivity index (χ2v) is 17.2. The van der Waals surface area contributed by atoms with Crippen LogP contribution >= 0.6 is 0 Å². The summed E-state index contributed by atoms with van der Waals surface area (Å²) in [6.07, 6.45) is 10.6. The minimum Gasteiger partial charge on any atom is -0.444 e. The third-order valence-electron chi connectivity index (χ3n) is 13.3. The van der Waals surface area contributed by atoms with Crippen molar-refractivity contribution in [1.29, 1.82) is 0 Å². The van der Waals surface area contributed by atoms with Gasteiger partial charge in [-0.05, 0) is 73.0 Å². The molecule has 4 amide bonds. The number of likely N-dealkylation sites (tertiary alicyclic amines) is 1. The molecule has 2 aromatic rings. The van der Waals surface area contributed by atoms with Crippen LogP contribution in [0.2, 0.25) is 0 Å². The van der Waals surface area contributed by atoms with Gasteiger partial charge in [0.2, 0.25) is 5.91 Å². The lowest BCUT2D eigenvalue weighted by molar-refractivity contribution is -0.199. The Labute approximate surface area is 327 Å². The Balaban J connectivity index is 1.09. The normalized spacial score (nSPS) is 27.8. The van der Waals surface area contributed by atoms with Crippen molar-refractivity contribution in [2.75, 3.05) is 13.1 Å². The lowest BCUT2D eigenvalue weighted by atomic mass is 9.43. The van der Waals surface area contributed by atoms with Gasteiger partial charge in [0.25, 0.3) is 0 Å². The summed E-state index contributed by atoms with van der Waals surface area (Å²) in [4.78, 5) is 47.6. The average Bonchev–Trinajstić information content (AvgIpc) is 3.90. The molecule has 7 atom stereocenters. The van der Waals surface area contributed by atoms with Crippen LogP contribution in [0.15, 0.2) is 79.9 Å². The largest absolute Gasteiger partial charge is 0.481 e. The number of nitrogens with zero attached hydrogens (tertiary/aromatic N) is 3. The molecule has 6 aliphatic rings. The summed E-state index contributed by atoms with van der Waals surface area (Å²) in [5.41, 5.74) is 2.94. The molecule has 3 saturated carbocycles. The topological polar surface area (TPSA) is 101 Å². The number of allylic oxidation sites excluding steroid dienone is 1. The molecule has 2 saturated heterocycles. The Morgan fingerprint density at radius 2 is 1.67 bits per heavy atom. The van der Waals surface area contributed by atoms with Gasteiger partial charge in [-0.1, -0.05) is 99.9 Å². The Hall–Kier alpha value is -4.09. The van der Waals surface area contributed by atoms with Gasteiger partial charge in [-0.15, -0.1) is 13.2 Å². The van der Waals surface area contributed by atoms with Crippen LogP contribution in [0.5, 0.6) is 0 Å². The lowest BCUT2D eigenvalue weighted by Crippen LogP contribution is -2.65. The molecule has 2 bridgehead atoms. The maximum absolute atomic E-state index is 14.6. The first kappa shape index (κ1) is 39.2. The number of unbranched alkanes of at least 4 members (excludes halogenated alkanes) is 4. The number of hydrogen-bond acceptors (Lipinski definition) is 6. The van der Waals surface area contributed by atoms with Crippen LogP contribution in [0.25, 0.3) is 0 Å². The maximum atomic E-state index is 14.6. The summed E-state index contributed by atoms with van der Waals surface area (Å²) < 4.78 is 19.7. The molecule has 2 aromatic carbocycles. The molecule has 10 nitrogen and oxygen atoms in total. The molecule has 3 heterocycles. The number of ether oxygens (including phenoxy) is 1. The fourth-order valence-electron chi connectivity index (χ4n) is 10.0. The van der Waals surface area contributed by atoms with Crippen LogP contribution < -0.4 is 5.32 Å². The zero-order valence-corrected chi connectivity index (χ0v) is 33.0. The minimum absolute atomic E-state index is 0.0169. The van der Waals surface area contributed by atoms with Crippen molar-refractivity contribution in [2.24, 2.45) is 17.3 Å². The molecular formula is C44H59BN4O6. The fraction of sp³-hybridized carbons (Fsp3) is 0.568. The van der Waals surface area contributed by atoms with E-state index in [1.54, 1.807) is 20.8 Å². The van der Waals surface area contributed by atoms with Gasteiger partial charge in [0.05, 0.1) is 24.2 Å². The molecule has 11 heteroatoms. The summed E-state index contributed by atoms with van der Waals surface area (Å²) in [6.45, 7) is 16.3. The number of amides is 4. The number of rotatable bonds is 15. The van der Waals surface area contributed by atoms with Crippen molar-refractivity contribution < 1.29 is 28.4 Å². The second-order valence-electron chi connectivity index (χ2n) is 17.2. The molecule has 294 valence electrons. The van der Waals surface area contributed by atoms with Crippen LogP contribution in [-0.2, 0) is 38.5 Å². The summed E-state index contributed by atoms with van der Waals surface area (Å²) in [5.74, 6) is 0.320. The van der Waals surface area contributed by atoms with Crippen molar-refractivity contribution in [2.45, 2.75) is 128 Å². The predicted octanol–water partition coefficient (Wildman–Crippen LogP) is 7.67. The highest BCUT2D eigenvalue weighted by Gasteiger charge is 2.68. The van der Waals surface area contributed by atoms with E-state index in [1.165, 1.54) is 0 Å². The second kappa shape index (κ2) is 16.6. The van der Waals surface area contributed by atoms with Crippen molar-refractivity contribution >= 4 is 25.1 Å². The SMILES string of the molecule is C=CCCCCCC[C@H](NC(=O)[C@@H]1C[C@@H](OC(=O)N2Cc3ccccc3C2)CN1C(=O)N(CC=C)Cc1ccccc1)B1OC2C[C@H]3C[C@H](C3(C)C)[C@@]2(C)O1. The first-order chi connectivity index (χ1) is 26.5. The first-order valence-corrected chi connectivity index (χ1v) is 20.5. The lowest BCUT2D eigenvalue weighted by Gasteiger charge is -2.64. The summed E-state index contributed by atoms with van der Waals surface area (Å²) in [7, 11) is -0.589. The number of fused-ring (bicyclic) bond motifs is 1. The van der Waals surface area contributed by atoms with E-state index in [1.807, 2.05) is 60.7 Å². The maximum Gasteiger partial charge on any atom is 0.481 e. The van der Waals surface area contributed by atoms with Crippen molar-refractivity contribution in [3.8, 4) is 0 Å². The zero-order chi connectivity index (χ0) is 38.7. The van der Waals surface area contributed by atoms with Crippen molar-refractivity contribution in [1.82, 2.24) is 20.0 Å². The third-order valence-corrected chi connectivity index (χ3v) is 13.3. The zero-order valence-electron chi connectivity index (χ0n) is 33.0. The minimum atomic E-state index is -0.856. The van der Waals surface area contributed by atoms with Gasteiger partial charge in [-0.3, -0.25) is 9.69 Å². The van der Waals surface area contributed by atoms with Gasteiger partial charge in [0.1, 0.15) is 12.1 Å². The summed E-state index contributed by atoms with van der Waals surface area (Å²) in [6, 6.07) is 16.6. The number of hydrogen-bond donors (Lipinski definition) is 1. The quantitative estimate of drug-likeness (QED) is 0.114. The molecule has 3 aliphatic carbocycles. The molecule has 0 spiro atoms. The fourth-order valence-corrected chi connectivity index (χ4v) is 10.0. The van der Waals surface area contributed by atoms with Crippen LogP contribution in [0.3, 0.4) is 0 Å². The highest BCUT2D eigenvalue weighted by atomic mass is 16.7. The monoisotopic (exact) mass is 750 g/mol. The molecule has 1 N–H and O–H groups in total. The molecular weight excluding hydrogens is 691 g/mol. The highest BCUT2D eigenvalue weighted by Crippen LogP contribution is 2.65. The van der Waals surface area contributed by atoms with E-state index >= 15 is 0 Å². The Bertz CT molecular complexity index is 1700. The van der Waals surface area contributed by atoms with Gasteiger partial charge in [-0.25, -0.2) is 9.59 Å². The summed E-state index contributed by atoms with van der Waals surface area (Å²) in [5, 5.41) is 3.34. The van der Waals surface area contributed by atoms with Crippen molar-refractivity contribution in [3.63, 3.8) is 0 Å². The van der Waals surface area contributed by atoms with Gasteiger partial charge in [-0.2, -0.15) is 0 Å². The van der Waals surface area contributed by atoms with E-state index in [0.717, 1.165) is 61.6 Å². The number of nitrogens with one attached hydrogen (secondary N) is 1. The van der Waals surface area contributed by atoms with E-state index in [2.05, 4.69) is 39.2 Å². The third kappa shape index (κ3) is 8.10. The number of carbonyl (C=O) groups excluding carboxylic acids is 3. The molecule has 3 aliphatic heterocycles. The van der Waals surface area contributed by atoms with E-state index in [9.17, 15) is 14.4 Å². The number of carbonyl (C=O) groups is 3. The molecule has 8 rings (SSSR count). The molecule has 0 radical (unpaired) electrons. The van der Waals surface area contributed by atoms with E-state index < -0.39 is 36.9 Å². The van der Waals surface area contributed by atoms with Gasteiger partial charge in [0, 0.05) is 32.6 Å². The number of urea groups is 1. The Kier molecular flexibility index (Phi) is 11.8. The first-order valence-electron chi connectivity index (χ1n) is 20.5. The molecule has 1 unspecified atom stereocenters. The summed E-state index contributed by atoms with van der Waals surface area (Å²) >= 11 is 0. The van der Waals surface area contributed by atoms with Crippen LogP contribution in [-0.4, -0.2) is 82.7 Å². The predicted molar refractivity (Wildman–Crippen MR) is 213 cm³/mol. The standard InChI is InChI=1S/C44H59BN4O6/c1-6-8-9-10-11-15-22-39(45-54-38-25-34-24-37(43(34,3)4)44(38,5)55-45)46-40(50)36-26-35(53-42(52)48-28-32-20-16-17-21-33(32)29-48)30-49(36)41(51)47(23-7-2)27-31-18-13-12-14-19-31/h6-7,12-14,16-21,34-39H,1-2,8-11,15,22-30H2,3-5H3,(H,46,50)/t34-,35-,36+,37-,38?,39+,44-/m1/s1. The van der Waals surface area contributed by atoms with E-state index in [-0.39, 0.29) is 36.4 Å². The molecule has 55 heavy (non-hydrogen) atoms. The Morgan fingerprint density at radius 3 is 2.36 bits per heavy atom. The Morgan fingerprint density at radius 1 is 0.964 bits per heavy atom. The smallest absolute Gasteiger partial charge is 0.444 e.